The van der Waals surface area contributed by atoms with Gasteiger partial charge in [-0.1, -0.05) is 20.8 Å². The molecule has 1 rings (SSSR count). The Hall–Kier alpha value is -0.610. The summed E-state index contributed by atoms with van der Waals surface area (Å²) >= 11 is 0. The molecule has 0 aromatic rings. The number of rotatable bonds is 6. The number of likely N-dealkylation sites (N-methyl/N-ethyl adjacent to an activating group) is 1. The first-order valence-corrected chi connectivity index (χ1v) is 7.02. The van der Waals surface area contributed by atoms with Crippen molar-refractivity contribution in [2.24, 2.45) is 5.41 Å². The number of hydrogen-bond acceptors (Lipinski definition) is 4. The monoisotopic (exact) mass is 256 g/mol. The molecule has 0 spiro atoms. The maximum atomic E-state index is 11.6. The molecule has 0 radical (unpaired) electrons. The van der Waals surface area contributed by atoms with Gasteiger partial charge in [0.05, 0.1) is 7.11 Å². The van der Waals surface area contributed by atoms with E-state index in [2.05, 4.69) is 24.1 Å². The summed E-state index contributed by atoms with van der Waals surface area (Å²) in [5.41, 5.74) is 0.486. The van der Waals surface area contributed by atoms with Crippen LogP contribution < -0.4 is 5.32 Å². The van der Waals surface area contributed by atoms with Gasteiger partial charge in [-0.05, 0) is 44.3 Å². The van der Waals surface area contributed by atoms with Crippen LogP contribution >= 0.6 is 0 Å². The van der Waals surface area contributed by atoms with Gasteiger partial charge in [0.1, 0.15) is 6.04 Å². The highest BCUT2D eigenvalue weighted by Gasteiger charge is 2.26. The first kappa shape index (κ1) is 15.4. The Kier molecular flexibility index (Phi) is 6.09. The molecular weight excluding hydrogens is 228 g/mol. The molecule has 1 heterocycles. The smallest absolute Gasteiger partial charge is 0.322 e. The number of piperidine rings is 1. The SMILES string of the molecule is CCNC(CCN1CCC(C)(C)CC1)C(=O)OC. The summed E-state index contributed by atoms with van der Waals surface area (Å²) < 4.78 is 4.82. The van der Waals surface area contributed by atoms with Crippen molar-refractivity contribution in [3.05, 3.63) is 0 Å². The van der Waals surface area contributed by atoms with E-state index in [1.165, 1.54) is 20.0 Å². The lowest BCUT2D eigenvalue weighted by Crippen LogP contribution is -2.43. The van der Waals surface area contributed by atoms with Gasteiger partial charge in [0.15, 0.2) is 0 Å². The zero-order valence-corrected chi connectivity index (χ0v) is 12.3. The molecule has 1 aliphatic heterocycles. The number of nitrogens with one attached hydrogen (secondary N) is 1. The van der Waals surface area contributed by atoms with Crippen molar-refractivity contribution in [1.82, 2.24) is 10.2 Å². The highest BCUT2D eigenvalue weighted by molar-refractivity contribution is 5.75. The van der Waals surface area contributed by atoms with E-state index < -0.39 is 0 Å². The van der Waals surface area contributed by atoms with Crippen LogP contribution in [0.3, 0.4) is 0 Å². The average molecular weight is 256 g/mol. The van der Waals surface area contributed by atoms with Crippen molar-refractivity contribution >= 4 is 5.97 Å². The molecule has 1 aliphatic rings. The van der Waals surface area contributed by atoms with Gasteiger partial charge in [-0.15, -0.1) is 0 Å². The number of methoxy groups -OCH3 is 1. The van der Waals surface area contributed by atoms with Gasteiger partial charge in [0, 0.05) is 6.54 Å². The van der Waals surface area contributed by atoms with Gasteiger partial charge in [-0.3, -0.25) is 4.79 Å². The second kappa shape index (κ2) is 7.10. The van der Waals surface area contributed by atoms with E-state index in [0.717, 1.165) is 32.6 Å². The van der Waals surface area contributed by atoms with Crippen molar-refractivity contribution in [2.45, 2.75) is 46.1 Å². The fraction of sp³-hybridized carbons (Fsp3) is 0.929. The second-order valence-electron chi connectivity index (χ2n) is 5.93. The number of esters is 1. The predicted molar refractivity (Wildman–Crippen MR) is 73.6 cm³/mol. The van der Waals surface area contributed by atoms with Gasteiger partial charge in [0.25, 0.3) is 0 Å². The van der Waals surface area contributed by atoms with Gasteiger partial charge in [-0.25, -0.2) is 0 Å². The van der Waals surface area contributed by atoms with Crippen LogP contribution in [0, 0.1) is 5.41 Å². The topological polar surface area (TPSA) is 41.6 Å². The summed E-state index contributed by atoms with van der Waals surface area (Å²) in [4.78, 5) is 14.0. The maximum Gasteiger partial charge on any atom is 0.322 e. The second-order valence-corrected chi connectivity index (χ2v) is 5.93. The summed E-state index contributed by atoms with van der Waals surface area (Å²) in [5, 5.41) is 3.19. The molecule has 1 atom stereocenters. The van der Waals surface area contributed by atoms with Crippen LogP contribution in [0.1, 0.15) is 40.0 Å². The number of carbonyl (C=O) groups excluding carboxylic acids is 1. The van der Waals surface area contributed by atoms with Crippen molar-refractivity contribution in [3.63, 3.8) is 0 Å². The van der Waals surface area contributed by atoms with Crippen LogP contribution in [0.2, 0.25) is 0 Å². The third-order valence-corrected chi connectivity index (χ3v) is 3.88. The molecule has 18 heavy (non-hydrogen) atoms. The number of hydrogen-bond donors (Lipinski definition) is 1. The minimum Gasteiger partial charge on any atom is -0.468 e. The van der Waals surface area contributed by atoms with Crippen LogP contribution in [0.5, 0.6) is 0 Å². The molecular formula is C14H28N2O2. The molecule has 0 amide bonds. The van der Waals surface area contributed by atoms with Crippen molar-refractivity contribution in [2.75, 3.05) is 33.3 Å². The van der Waals surface area contributed by atoms with Gasteiger partial charge in [-0.2, -0.15) is 0 Å². The Morgan fingerprint density at radius 3 is 2.50 bits per heavy atom. The maximum absolute atomic E-state index is 11.6. The lowest BCUT2D eigenvalue weighted by molar-refractivity contribution is -0.143. The molecule has 4 nitrogen and oxygen atoms in total. The Bertz CT molecular complexity index is 257. The van der Waals surface area contributed by atoms with E-state index in [0.29, 0.717) is 5.41 Å². The van der Waals surface area contributed by atoms with Crippen LogP contribution in [0.25, 0.3) is 0 Å². The van der Waals surface area contributed by atoms with Crippen molar-refractivity contribution in [1.29, 1.82) is 0 Å². The summed E-state index contributed by atoms with van der Waals surface area (Å²) in [6, 6.07) is -0.157. The minimum absolute atomic E-state index is 0.144. The molecule has 0 aromatic carbocycles. The normalized spacial score (nSPS) is 21.6. The van der Waals surface area contributed by atoms with Crippen LogP contribution in [-0.4, -0.2) is 50.2 Å². The van der Waals surface area contributed by atoms with E-state index in [1.54, 1.807) is 0 Å². The molecule has 106 valence electrons. The molecule has 0 saturated carbocycles. The van der Waals surface area contributed by atoms with Crippen molar-refractivity contribution in [3.8, 4) is 0 Å². The Labute approximate surface area is 111 Å². The fourth-order valence-corrected chi connectivity index (χ4v) is 2.39. The molecule has 0 aromatic heterocycles. The van der Waals surface area contributed by atoms with Gasteiger partial charge in [0.2, 0.25) is 0 Å². The van der Waals surface area contributed by atoms with Gasteiger partial charge < -0.3 is 15.0 Å². The number of ether oxygens (including phenoxy) is 1. The zero-order valence-electron chi connectivity index (χ0n) is 12.3. The Balaban J connectivity index is 2.32. The van der Waals surface area contributed by atoms with Crippen LogP contribution in [-0.2, 0) is 9.53 Å². The average Bonchev–Trinajstić information content (AvgIpc) is 2.35. The van der Waals surface area contributed by atoms with E-state index in [1.807, 2.05) is 6.92 Å². The van der Waals surface area contributed by atoms with E-state index in [4.69, 9.17) is 4.74 Å². The summed E-state index contributed by atoms with van der Waals surface area (Å²) in [7, 11) is 1.45. The summed E-state index contributed by atoms with van der Waals surface area (Å²) in [6.45, 7) is 10.7. The number of nitrogens with zero attached hydrogens (tertiary/aromatic N) is 1. The molecule has 1 N–H and O–H groups in total. The largest absolute Gasteiger partial charge is 0.468 e. The van der Waals surface area contributed by atoms with E-state index in [9.17, 15) is 4.79 Å². The first-order chi connectivity index (χ1) is 8.48. The third-order valence-electron chi connectivity index (χ3n) is 3.88. The van der Waals surface area contributed by atoms with Crippen molar-refractivity contribution < 1.29 is 9.53 Å². The Morgan fingerprint density at radius 1 is 1.39 bits per heavy atom. The third kappa shape index (κ3) is 4.94. The molecule has 0 bridgehead atoms. The molecule has 1 fully saturated rings. The van der Waals surface area contributed by atoms with E-state index >= 15 is 0 Å². The quantitative estimate of drug-likeness (QED) is 0.734. The fourth-order valence-electron chi connectivity index (χ4n) is 2.39. The lowest BCUT2D eigenvalue weighted by Gasteiger charge is -2.37. The van der Waals surface area contributed by atoms with Crippen LogP contribution in [0.4, 0.5) is 0 Å². The standard InChI is InChI=1S/C14H28N2O2/c1-5-15-12(13(17)18-4)6-9-16-10-7-14(2,3)8-11-16/h12,15H,5-11H2,1-4H3. The van der Waals surface area contributed by atoms with E-state index in [-0.39, 0.29) is 12.0 Å². The molecule has 0 aliphatic carbocycles. The molecule has 4 heteroatoms. The minimum atomic E-state index is -0.157. The lowest BCUT2D eigenvalue weighted by atomic mass is 9.82. The summed E-state index contributed by atoms with van der Waals surface area (Å²) in [6.07, 6.45) is 3.33. The Morgan fingerprint density at radius 2 is 2.00 bits per heavy atom. The van der Waals surface area contributed by atoms with Crippen LogP contribution in [0.15, 0.2) is 0 Å². The number of carbonyl (C=O) groups is 1. The number of likely N-dealkylation sites (tertiary alicyclic amines) is 1. The predicted octanol–water partition coefficient (Wildman–Crippen LogP) is 1.65. The first-order valence-electron chi connectivity index (χ1n) is 7.02. The molecule has 1 saturated heterocycles. The highest BCUT2D eigenvalue weighted by Crippen LogP contribution is 2.29. The summed E-state index contributed by atoms with van der Waals surface area (Å²) in [5.74, 6) is -0.144. The highest BCUT2D eigenvalue weighted by atomic mass is 16.5. The molecule has 1 unspecified atom stereocenters. The van der Waals surface area contributed by atoms with Gasteiger partial charge >= 0.3 is 5.97 Å². The zero-order chi connectivity index (χ0) is 13.6.